The molecule has 0 aromatic heterocycles. The summed E-state index contributed by atoms with van der Waals surface area (Å²) in [5, 5.41) is 13.1. The lowest BCUT2D eigenvalue weighted by Crippen LogP contribution is -2.08. The molecule has 1 N–H and O–H groups in total. The molecule has 0 atom stereocenters. The van der Waals surface area contributed by atoms with E-state index in [0.717, 1.165) is 23.3 Å². The van der Waals surface area contributed by atoms with E-state index >= 15 is 0 Å². The second kappa shape index (κ2) is 6.62. The van der Waals surface area contributed by atoms with Crippen LogP contribution in [0.2, 0.25) is 0 Å². The third-order valence-electron chi connectivity index (χ3n) is 2.88. The molecule has 1 amide bonds. The first-order valence-corrected chi connectivity index (χ1v) is 6.45. The van der Waals surface area contributed by atoms with Gasteiger partial charge in [-0.3, -0.25) is 14.9 Å². The fourth-order valence-electron chi connectivity index (χ4n) is 1.86. The Morgan fingerprint density at radius 1 is 1.27 bits per heavy atom. The van der Waals surface area contributed by atoms with Crippen molar-refractivity contribution in [1.82, 2.24) is 0 Å². The molecule has 2 aromatic rings. The molecule has 0 radical (unpaired) electrons. The zero-order valence-corrected chi connectivity index (χ0v) is 11.7. The van der Waals surface area contributed by atoms with E-state index in [2.05, 4.69) is 5.32 Å². The Morgan fingerprint density at radius 3 is 2.73 bits per heavy atom. The number of hydrogen-bond donors (Lipinski definition) is 1. The number of nitro groups is 1. The summed E-state index contributed by atoms with van der Waals surface area (Å²) in [6.07, 6.45) is 2.93. The van der Waals surface area contributed by atoms with Gasteiger partial charge in [-0.2, -0.15) is 4.39 Å². The van der Waals surface area contributed by atoms with Crippen molar-refractivity contribution in [3.05, 3.63) is 75.6 Å². The second-order valence-corrected chi connectivity index (χ2v) is 4.66. The van der Waals surface area contributed by atoms with Crippen LogP contribution in [0.1, 0.15) is 11.1 Å². The fraction of sp³-hybridized carbons (Fsp3) is 0.0625. The Labute approximate surface area is 126 Å². The molecule has 112 valence electrons. The summed E-state index contributed by atoms with van der Waals surface area (Å²) in [6, 6.07) is 10.8. The highest BCUT2D eigenvalue weighted by Gasteiger charge is 2.14. The number of nitrogens with one attached hydrogen (secondary N) is 1. The van der Waals surface area contributed by atoms with Crippen LogP contribution in [-0.2, 0) is 4.79 Å². The molecule has 6 heteroatoms. The SMILES string of the molecule is Cc1cccc(/C=C/C(=O)Nc2ccc(F)c([N+](=O)[O-])c2)c1. The molecular weight excluding hydrogens is 287 g/mol. The third-order valence-corrected chi connectivity index (χ3v) is 2.88. The minimum atomic E-state index is -0.946. The number of anilines is 1. The predicted molar refractivity (Wildman–Crippen MR) is 81.9 cm³/mol. The third kappa shape index (κ3) is 3.99. The Morgan fingerprint density at radius 2 is 2.05 bits per heavy atom. The summed E-state index contributed by atoms with van der Waals surface area (Å²) in [5.41, 5.74) is 1.41. The van der Waals surface area contributed by atoms with E-state index in [9.17, 15) is 19.3 Å². The minimum Gasteiger partial charge on any atom is -0.322 e. The van der Waals surface area contributed by atoms with E-state index in [-0.39, 0.29) is 5.69 Å². The summed E-state index contributed by atoms with van der Waals surface area (Å²) in [5.74, 6) is -1.40. The van der Waals surface area contributed by atoms with Gasteiger partial charge < -0.3 is 5.32 Å². The first kappa shape index (κ1) is 15.4. The first-order chi connectivity index (χ1) is 10.5. The highest BCUT2D eigenvalue weighted by Crippen LogP contribution is 2.21. The van der Waals surface area contributed by atoms with Crippen molar-refractivity contribution in [2.45, 2.75) is 6.92 Å². The maximum atomic E-state index is 13.2. The summed E-state index contributed by atoms with van der Waals surface area (Å²) < 4.78 is 13.2. The van der Waals surface area contributed by atoms with Gasteiger partial charge in [-0.25, -0.2) is 0 Å². The molecule has 0 aliphatic carbocycles. The number of rotatable bonds is 4. The van der Waals surface area contributed by atoms with Crippen LogP contribution < -0.4 is 5.32 Å². The molecular formula is C16H13FN2O3. The smallest absolute Gasteiger partial charge is 0.306 e. The Hall–Kier alpha value is -3.02. The number of halogens is 1. The summed E-state index contributed by atoms with van der Waals surface area (Å²) in [7, 11) is 0. The summed E-state index contributed by atoms with van der Waals surface area (Å²) in [6.45, 7) is 1.94. The van der Waals surface area contributed by atoms with Crippen molar-refractivity contribution in [1.29, 1.82) is 0 Å². The zero-order valence-electron chi connectivity index (χ0n) is 11.7. The first-order valence-electron chi connectivity index (χ1n) is 6.45. The maximum absolute atomic E-state index is 13.2. The van der Waals surface area contributed by atoms with Crippen LogP contribution in [0.3, 0.4) is 0 Å². The van der Waals surface area contributed by atoms with Gasteiger partial charge in [0.15, 0.2) is 0 Å². The number of carbonyl (C=O) groups excluding carboxylic acids is 1. The Kier molecular flexibility index (Phi) is 4.63. The highest BCUT2D eigenvalue weighted by molar-refractivity contribution is 6.02. The molecule has 0 aliphatic rings. The quantitative estimate of drug-likeness (QED) is 0.531. The lowest BCUT2D eigenvalue weighted by Gasteiger charge is -2.02. The number of nitrogens with zero attached hydrogens (tertiary/aromatic N) is 1. The molecule has 0 unspecified atom stereocenters. The van der Waals surface area contributed by atoms with Crippen LogP contribution in [0.25, 0.3) is 6.08 Å². The predicted octanol–water partition coefficient (Wildman–Crippen LogP) is 3.69. The number of carbonyl (C=O) groups is 1. The highest BCUT2D eigenvalue weighted by atomic mass is 19.1. The average Bonchev–Trinajstić information content (AvgIpc) is 2.47. The van der Waals surface area contributed by atoms with E-state index in [1.54, 1.807) is 6.08 Å². The lowest BCUT2D eigenvalue weighted by molar-refractivity contribution is -0.387. The van der Waals surface area contributed by atoms with Gasteiger partial charge in [-0.15, -0.1) is 0 Å². The molecule has 22 heavy (non-hydrogen) atoms. The standard InChI is InChI=1S/C16H13FN2O3/c1-11-3-2-4-12(9-11)5-8-16(20)18-13-6-7-14(17)15(10-13)19(21)22/h2-10H,1H3,(H,18,20)/b8-5+. The molecule has 0 spiro atoms. The maximum Gasteiger partial charge on any atom is 0.306 e. The van der Waals surface area contributed by atoms with E-state index in [0.29, 0.717) is 0 Å². The van der Waals surface area contributed by atoms with Gasteiger partial charge in [0.2, 0.25) is 11.7 Å². The van der Waals surface area contributed by atoms with Crippen LogP contribution >= 0.6 is 0 Å². The molecule has 0 heterocycles. The van der Waals surface area contributed by atoms with Gasteiger partial charge in [0.25, 0.3) is 0 Å². The lowest BCUT2D eigenvalue weighted by atomic mass is 10.1. The molecule has 0 saturated carbocycles. The van der Waals surface area contributed by atoms with Gasteiger partial charge in [0, 0.05) is 17.8 Å². The molecule has 2 rings (SSSR count). The van der Waals surface area contributed by atoms with E-state index in [4.69, 9.17) is 0 Å². The molecule has 0 fully saturated rings. The Balaban J connectivity index is 2.09. The van der Waals surface area contributed by atoms with E-state index in [1.807, 2.05) is 31.2 Å². The molecule has 2 aromatic carbocycles. The van der Waals surface area contributed by atoms with Crippen LogP contribution in [0.15, 0.2) is 48.5 Å². The summed E-state index contributed by atoms with van der Waals surface area (Å²) >= 11 is 0. The van der Waals surface area contributed by atoms with Crippen molar-refractivity contribution < 1.29 is 14.1 Å². The van der Waals surface area contributed by atoms with Crippen molar-refractivity contribution in [3.8, 4) is 0 Å². The Bertz CT molecular complexity index is 757. The number of hydrogen-bond acceptors (Lipinski definition) is 3. The largest absolute Gasteiger partial charge is 0.322 e. The van der Waals surface area contributed by atoms with Crippen molar-refractivity contribution in [2.75, 3.05) is 5.32 Å². The van der Waals surface area contributed by atoms with Gasteiger partial charge in [0.1, 0.15) is 0 Å². The number of aryl methyl sites for hydroxylation is 1. The van der Waals surface area contributed by atoms with E-state index in [1.165, 1.54) is 12.1 Å². The number of nitro benzene ring substituents is 1. The molecule has 0 bridgehead atoms. The minimum absolute atomic E-state index is 0.159. The van der Waals surface area contributed by atoms with Crippen LogP contribution in [-0.4, -0.2) is 10.8 Å². The van der Waals surface area contributed by atoms with E-state index < -0.39 is 22.3 Å². The monoisotopic (exact) mass is 300 g/mol. The van der Waals surface area contributed by atoms with Gasteiger partial charge in [-0.05, 0) is 30.7 Å². The normalized spacial score (nSPS) is 10.6. The van der Waals surface area contributed by atoms with Crippen LogP contribution in [0.4, 0.5) is 15.8 Å². The van der Waals surface area contributed by atoms with Crippen LogP contribution in [0.5, 0.6) is 0 Å². The number of benzene rings is 2. The fourth-order valence-corrected chi connectivity index (χ4v) is 1.86. The van der Waals surface area contributed by atoms with Gasteiger partial charge in [-0.1, -0.05) is 29.8 Å². The summed E-state index contributed by atoms with van der Waals surface area (Å²) in [4.78, 5) is 21.6. The van der Waals surface area contributed by atoms with Gasteiger partial charge in [0.05, 0.1) is 4.92 Å². The van der Waals surface area contributed by atoms with Crippen molar-refractivity contribution in [2.24, 2.45) is 0 Å². The number of amides is 1. The van der Waals surface area contributed by atoms with Gasteiger partial charge >= 0.3 is 5.69 Å². The molecule has 5 nitrogen and oxygen atoms in total. The van der Waals surface area contributed by atoms with Crippen LogP contribution in [0, 0.1) is 22.9 Å². The average molecular weight is 300 g/mol. The molecule has 0 aliphatic heterocycles. The second-order valence-electron chi connectivity index (χ2n) is 4.66. The zero-order chi connectivity index (χ0) is 16.1. The van der Waals surface area contributed by atoms with Crippen molar-refractivity contribution >= 4 is 23.4 Å². The van der Waals surface area contributed by atoms with Crippen molar-refractivity contribution in [3.63, 3.8) is 0 Å². The topological polar surface area (TPSA) is 72.2 Å². The molecule has 0 saturated heterocycles.